The lowest BCUT2D eigenvalue weighted by atomic mass is 9.82. The maximum atomic E-state index is 12.7. The van der Waals surface area contributed by atoms with E-state index in [1.165, 1.54) is 0 Å². The highest BCUT2D eigenvalue weighted by molar-refractivity contribution is 6.31. The van der Waals surface area contributed by atoms with Crippen LogP contribution in [0.2, 0.25) is 5.02 Å². The van der Waals surface area contributed by atoms with Gasteiger partial charge in [0, 0.05) is 31.0 Å². The van der Waals surface area contributed by atoms with Gasteiger partial charge in [-0.15, -0.1) is 0 Å². The van der Waals surface area contributed by atoms with Gasteiger partial charge in [0.25, 0.3) is 0 Å². The predicted molar refractivity (Wildman–Crippen MR) is 111 cm³/mol. The summed E-state index contributed by atoms with van der Waals surface area (Å²) in [6.07, 6.45) is 1.99. The van der Waals surface area contributed by atoms with E-state index in [1.54, 1.807) is 13.2 Å². The van der Waals surface area contributed by atoms with Crippen LogP contribution in [-0.4, -0.2) is 42.4 Å². The number of halogens is 1. The second kappa shape index (κ2) is 7.71. The number of likely N-dealkylation sites (tertiary alicyclic amines) is 1. The van der Waals surface area contributed by atoms with E-state index in [0.717, 1.165) is 16.9 Å². The first-order valence-corrected chi connectivity index (χ1v) is 10.2. The van der Waals surface area contributed by atoms with Gasteiger partial charge < -0.3 is 14.4 Å². The van der Waals surface area contributed by atoms with E-state index in [4.69, 9.17) is 21.1 Å². The van der Waals surface area contributed by atoms with E-state index in [2.05, 4.69) is 0 Å². The van der Waals surface area contributed by atoms with Crippen molar-refractivity contribution in [3.05, 3.63) is 58.1 Å². The number of nitrogens with zero attached hydrogens (tertiary/aromatic N) is 1. The van der Waals surface area contributed by atoms with Gasteiger partial charge in [-0.2, -0.15) is 0 Å². The first kappa shape index (κ1) is 19.8. The lowest BCUT2D eigenvalue weighted by Crippen LogP contribution is -2.52. The highest BCUT2D eigenvalue weighted by Crippen LogP contribution is 2.42. The van der Waals surface area contributed by atoms with Crippen LogP contribution in [0.25, 0.3) is 0 Å². The number of methoxy groups -OCH3 is 1. The normalized spacial score (nSPS) is 17.6. The molecular formula is C23H24ClNO4. The van der Waals surface area contributed by atoms with Crippen LogP contribution in [0.1, 0.15) is 40.7 Å². The maximum absolute atomic E-state index is 12.7. The number of ketones is 1. The number of benzene rings is 2. The number of carbonyl (C=O) groups excluding carboxylic acids is 2. The largest absolute Gasteiger partial charge is 0.497 e. The smallest absolute Gasteiger partial charge is 0.226 e. The minimum Gasteiger partial charge on any atom is -0.497 e. The summed E-state index contributed by atoms with van der Waals surface area (Å²) >= 11 is 6.10. The number of Topliss-reactive ketones (excluding diaryl/α,β-unsaturated/α-hetero) is 1. The molecule has 0 N–H and O–H groups in total. The molecule has 0 aromatic heterocycles. The Kier molecular flexibility index (Phi) is 5.26. The zero-order valence-electron chi connectivity index (χ0n) is 16.7. The fourth-order valence-corrected chi connectivity index (χ4v) is 4.46. The van der Waals surface area contributed by atoms with Crippen molar-refractivity contribution in [3.8, 4) is 11.5 Å². The van der Waals surface area contributed by atoms with E-state index in [1.807, 2.05) is 42.2 Å². The third kappa shape index (κ3) is 3.97. The Morgan fingerprint density at radius 3 is 2.55 bits per heavy atom. The number of rotatable bonds is 3. The van der Waals surface area contributed by atoms with Gasteiger partial charge in [-0.05, 0) is 42.3 Å². The molecule has 1 fully saturated rings. The van der Waals surface area contributed by atoms with Crippen LogP contribution >= 0.6 is 11.6 Å². The summed E-state index contributed by atoms with van der Waals surface area (Å²) < 4.78 is 11.5. The number of aryl methyl sites for hydroxylation is 1. The lowest BCUT2D eigenvalue weighted by molar-refractivity contribution is -0.134. The molecule has 2 aliphatic heterocycles. The molecule has 0 atom stereocenters. The number of piperidine rings is 1. The van der Waals surface area contributed by atoms with Crippen molar-refractivity contribution in [1.82, 2.24) is 4.90 Å². The molecule has 29 heavy (non-hydrogen) atoms. The second-order valence-corrected chi connectivity index (χ2v) is 8.33. The minimum atomic E-state index is -0.528. The first-order chi connectivity index (χ1) is 13.9. The van der Waals surface area contributed by atoms with Crippen LogP contribution in [0.5, 0.6) is 11.5 Å². The molecule has 2 aromatic carbocycles. The number of fused-ring (bicyclic) bond motifs is 1. The quantitative estimate of drug-likeness (QED) is 0.755. The Bertz CT molecular complexity index is 946. The van der Waals surface area contributed by atoms with E-state index in [9.17, 15) is 9.59 Å². The van der Waals surface area contributed by atoms with E-state index in [-0.39, 0.29) is 11.7 Å². The van der Waals surface area contributed by atoms with Gasteiger partial charge in [0.1, 0.15) is 17.1 Å². The molecule has 6 heteroatoms. The highest BCUT2D eigenvalue weighted by atomic mass is 35.5. The lowest BCUT2D eigenvalue weighted by Gasteiger charge is -2.44. The summed E-state index contributed by atoms with van der Waals surface area (Å²) in [4.78, 5) is 27.3. The van der Waals surface area contributed by atoms with E-state index in [0.29, 0.717) is 55.1 Å². The summed E-state index contributed by atoms with van der Waals surface area (Å²) in [7, 11) is 1.62. The average molecular weight is 414 g/mol. The highest BCUT2D eigenvalue weighted by Gasteiger charge is 2.44. The van der Waals surface area contributed by atoms with Crippen molar-refractivity contribution < 1.29 is 19.1 Å². The monoisotopic (exact) mass is 413 g/mol. The Morgan fingerprint density at radius 1 is 1.21 bits per heavy atom. The van der Waals surface area contributed by atoms with Gasteiger partial charge in [0.05, 0.1) is 25.5 Å². The molecule has 1 spiro atoms. The summed E-state index contributed by atoms with van der Waals surface area (Å²) in [5, 5.41) is 0.549. The predicted octanol–water partition coefficient (Wildman–Crippen LogP) is 4.23. The zero-order chi connectivity index (χ0) is 20.6. The minimum absolute atomic E-state index is 0.0647. The molecular weight excluding hydrogens is 390 g/mol. The van der Waals surface area contributed by atoms with Crippen molar-refractivity contribution in [3.63, 3.8) is 0 Å². The van der Waals surface area contributed by atoms with Gasteiger partial charge in [-0.1, -0.05) is 23.7 Å². The number of hydrogen-bond donors (Lipinski definition) is 0. The number of amides is 1. The van der Waals surface area contributed by atoms with Gasteiger partial charge in [-0.3, -0.25) is 9.59 Å². The molecule has 0 bridgehead atoms. The molecule has 0 saturated carbocycles. The number of carbonyl (C=O) groups is 2. The molecule has 2 aromatic rings. The van der Waals surface area contributed by atoms with Gasteiger partial charge in [0.15, 0.2) is 5.78 Å². The Balaban J connectivity index is 1.42. The molecule has 0 aliphatic carbocycles. The maximum Gasteiger partial charge on any atom is 0.226 e. The van der Waals surface area contributed by atoms with Gasteiger partial charge in [0.2, 0.25) is 5.91 Å². The van der Waals surface area contributed by atoms with Crippen molar-refractivity contribution in [1.29, 1.82) is 0 Å². The topological polar surface area (TPSA) is 55.8 Å². The van der Waals surface area contributed by atoms with Crippen LogP contribution in [0, 0.1) is 6.92 Å². The third-order valence-corrected chi connectivity index (χ3v) is 6.10. The van der Waals surface area contributed by atoms with Crippen LogP contribution in [0.15, 0.2) is 36.4 Å². The Morgan fingerprint density at radius 2 is 1.90 bits per heavy atom. The van der Waals surface area contributed by atoms with Gasteiger partial charge in [-0.25, -0.2) is 0 Å². The molecule has 152 valence electrons. The van der Waals surface area contributed by atoms with Crippen molar-refractivity contribution in [2.75, 3.05) is 20.2 Å². The molecule has 0 radical (unpaired) electrons. The summed E-state index contributed by atoms with van der Waals surface area (Å²) in [5.41, 5.74) is 1.87. The summed E-state index contributed by atoms with van der Waals surface area (Å²) in [5.74, 6) is 1.58. The van der Waals surface area contributed by atoms with E-state index < -0.39 is 5.60 Å². The molecule has 0 unspecified atom stereocenters. The molecule has 2 aliphatic rings. The van der Waals surface area contributed by atoms with Crippen molar-refractivity contribution in [2.24, 2.45) is 0 Å². The molecule has 4 rings (SSSR count). The standard InChI is InChI=1S/C23H24ClNO4/c1-15-11-17(24)13-19-20(26)14-23(29-22(15)19)7-9-25(10-8-23)21(27)12-16-3-5-18(28-2)6-4-16/h3-6,11,13H,7-10,12,14H2,1-2H3. The average Bonchev–Trinajstić information content (AvgIpc) is 2.70. The van der Waals surface area contributed by atoms with Crippen LogP contribution in [-0.2, 0) is 11.2 Å². The summed E-state index contributed by atoms with van der Waals surface area (Å²) in [6.45, 7) is 3.08. The molecule has 2 heterocycles. The fourth-order valence-electron chi connectivity index (χ4n) is 4.19. The molecule has 1 amide bonds. The van der Waals surface area contributed by atoms with E-state index >= 15 is 0 Å². The third-order valence-electron chi connectivity index (χ3n) is 5.88. The number of hydrogen-bond acceptors (Lipinski definition) is 4. The molecule has 1 saturated heterocycles. The van der Waals surface area contributed by atoms with Gasteiger partial charge >= 0.3 is 0 Å². The van der Waals surface area contributed by atoms with Crippen molar-refractivity contribution in [2.45, 2.75) is 38.2 Å². The summed E-state index contributed by atoms with van der Waals surface area (Å²) in [6, 6.07) is 11.1. The SMILES string of the molecule is COc1ccc(CC(=O)N2CCC3(CC2)CC(=O)c2cc(Cl)cc(C)c2O3)cc1. The second-order valence-electron chi connectivity index (χ2n) is 7.89. The van der Waals surface area contributed by atoms with Crippen molar-refractivity contribution >= 4 is 23.3 Å². The fraction of sp³-hybridized carbons (Fsp3) is 0.391. The van der Waals surface area contributed by atoms with Crippen LogP contribution in [0.4, 0.5) is 0 Å². The Hall–Kier alpha value is -2.53. The number of ether oxygens (including phenoxy) is 2. The Labute approximate surface area is 175 Å². The first-order valence-electron chi connectivity index (χ1n) is 9.82. The zero-order valence-corrected chi connectivity index (χ0v) is 17.4. The molecule has 5 nitrogen and oxygen atoms in total. The van der Waals surface area contributed by atoms with Crippen LogP contribution in [0.3, 0.4) is 0 Å². The van der Waals surface area contributed by atoms with Crippen LogP contribution < -0.4 is 9.47 Å².